The first kappa shape index (κ1) is 18.7. The van der Waals surface area contributed by atoms with Crippen molar-refractivity contribution in [2.75, 3.05) is 0 Å². The first-order chi connectivity index (χ1) is 14.9. The van der Waals surface area contributed by atoms with Gasteiger partial charge in [0.15, 0.2) is 5.11 Å². The standard InChI is InChI=1S/C23H18N4O2S2/c1-23(2)15-7-3-5-12-13-6-4-8-24-18(13)27(17(12)15)21-16(23)10-11(31-21)9-14-19(28)25-22(30)26-20(14)29/h3-8,10,14H,9H2,1-2H3,(H2,25,26,28,29,30). The molecule has 0 aliphatic carbocycles. The van der Waals surface area contributed by atoms with Gasteiger partial charge in [0.05, 0.1) is 5.52 Å². The van der Waals surface area contributed by atoms with Gasteiger partial charge >= 0.3 is 0 Å². The maximum atomic E-state index is 12.4. The SMILES string of the molecule is CC1(C)c2cc(CC3C(=O)NC(=S)NC3=O)sc2-n2c3ncccc3c3cccc1c32. The lowest BCUT2D eigenvalue weighted by molar-refractivity contribution is -0.135. The van der Waals surface area contributed by atoms with Gasteiger partial charge in [-0.05, 0) is 41.5 Å². The van der Waals surface area contributed by atoms with E-state index in [9.17, 15) is 9.59 Å². The maximum Gasteiger partial charge on any atom is 0.239 e. The molecule has 2 amide bonds. The van der Waals surface area contributed by atoms with E-state index >= 15 is 0 Å². The third-order valence-corrected chi connectivity index (χ3v) is 7.72. The molecule has 0 bridgehead atoms. The van der Waals surface area contributed by atoms with E-state index in [1.165, 1.54) is 22.0 Å². The van der Waals surface area contributed by atoms with E-state index in [1.807, 2.05) is 12.3 Å². The summed E-state index contributed by atoms with van der Waals surface area (Å²) in [5.41, 5.74) is 4.32. The maximum absolute atomic E-state index is 12.4. The molecule has 6 rings (SSSR count). The fourth-order valence-electron chi connectivity index (χ4n) is 4.82. The van der Waals surface area contributed by atoms with Gasteiger partial charge < -0.3 is 10.6 Å². The Morgan fingerprint density at radius 3 is 2.61 bits per heavy atom. The highest BCUT2D eigenvalue weighted by Gasteiger charge is 2.38. The first-order valence-electron chi connectivity index (χ1n) is 10.0. The van der Waals surface area contributed by atoms with E-state index in [0.29, 0.717) is 6.42 Å². The summed E-state index contributed by atoms with van der Waals surface area (Å²) in [6, 6.07) is 12.7. The third kappa shape index (κ3) is 2.49. The zero-order chi connectivity index (χ0) is 21.5. The molecule has 2 N–H and O–H groups in total. The topological polar surface area (TPSA) is 76.0 Å². The Hall–Kier alpha value is -3.10. The molecule has 6 nitrogen and oxygen atoms in total. The molecule has 0 unspecified atom stereocenters. The lowest BCUT2D eigenvalue weighted by atomic mass is 9.76. The average molecular weight is 447 g/mol. The van der Waals surface area contributed by atoms with Gasteiger partial charge in [-0.3, -0.25) is 14.2 Å². The Kier molecular flexibility index (Phi) is 3.74. The van der Waals surface area contributed by atoms with Gasteiger partial charge in [-0.15, -0.1) is 11.3 Å². The van der Waals surface area contributed by atoms with Crippen LogP contribution in [0, 0.1) is 5.92 Å². The summed E-state index contributed by atoms with van der Waals surface area (Å²) in [7, 11) is 0. The van der Waals surface area contributed by atoms with Crippen LogP contribution in [0.1, 0.15) is 29.9 Å². The van der Waals surface area contributed by atoms with E-state index in [1.54, 1.807) is 11.3 Å². The molecular weight excluding hydrogens is 428 g/mol. The predicted molar refractivity (Wildman–Crippen MR) is 125 cm³/mol. The highest BCUT2D eigenvalue weighted by molar-refractivity contribution is 7.80. The van der Waals surface area contributed by atoms with Crippen molar-refractivity contribution in [3.63, 3.8) is 0 Å². The monoisotopic (exact) mass is 446 g/mol. The van der Waals surface area contributed by atoms with Gasteiger partial charge in [0.1, 0.15) is 16.6 Å². The van der Waals surface area contributed by atoms with Crippen LogP contribution in [0.4, 0.5) is 0 Å². The van der Waals surface area contributed by atoms with Crippen LogP contribution < -0.4 is 10.6 Å². The van der Waals surface area contributed by atoms with Crippen LogP contribution in [0.2, 0.25) is 0 Å². The molecule has 0 saturated carbocycles. The van der Waals surface area contributed by atoms with Crippen molar-refractivity contribution in [2.45, 2.75) is 25.7 Å². The average Bonchev–Trinajstić information content (AvgIpc) is 3.29. The second-order valence-corrected chi connectivity index (χ2v) is 10.1. The number of hydrogen-bond acceptors (Lipinski definition) is 5. The third-order valence-electron chi connectivity index (χ3n) is 6.37. The lowest BCUT2D eigenvalue weighted by Gasteiger charge is -2.32. The zero-order valence-corrected chi connectivity index (χ0v) is 18.5. The predicted octanol–water partition coefficient (Wildman–Crippen LogP) is 3.57. The molecule has 154 valence electrons. The summed E-state index contributed by atoms with van der Waals surface area (Å²) >= 11 is 6.54. The minimum Gasteiger partial charge on any atom is -0.302 e. The Labute approximate surface area is 187 Å². The summed E-state index contributed by atoms with van der Waals surface area (Å²) in [4.78, 5) is 30.5. The molecule has 1 aromatic carbocycles. The lowest BCUT2D eigenvalue weighted by Crippen LogP contribution is -2.56. The van der Waals surface area contributed by atoms with Crippen LogP contribution in [0.25, 0.3) is 26.9 Å². The number of rotatable bonds is 2. The van der Waals surface area contributed by atoms with Crippen LogP contribution in [0.5, 0.6) is 0 Å². The molecule has 5 heterocycles. The van der Waals surface area contributed by atoms with Gasteiger partial charge in [0, 0.05) is 33.7 Å². The number of amides is 2. The van der Waals surface area contributed by atoms with Crippen molar-refractivity contribution in [1.82, 2.24) is 20.2 Å². The quantitative estimate of drug-likeness (QED) is 0.365. The normalized spacial score (nSPS) is 17.7. The van der Waals surface area contributed by atoms with Crippen molar-refractivity contribution in [1.29, 1.82) is 0 Å². The van der Waals surface area contributed by atoms with E-state index in [0.717, 1.165) is 20.9 Å². The van der Waals surface area contributed by atoms with Crippen LogP contribution in [0.15, 0.2) is 42.6 Å². The summed E-state index contributed by atoms with van der Waals surface area (Å²) in [6.45, 7) is 4.45. The Bertz CT molecular complexity index is 1440. The number of aromatic nitrogens is 2. The molecule has 4 aromatic rings. The number of carbonyl (C=O) groups excluding carboxylic acids is 2. The van der Waals surface area contributed by atoms with Crippen molar-refractivity contribution in [3.8, 4) is 5.00 Å². The second kappa shape index (κ2) is 6.21. The summed E-state index contributed by atoms with van der Waals surface area (Å²) in [5, 5.41) is 8.60. The van der Waals surface area contributed by atoms with Gasteiger partial charge in [0.25, 0.3) is 0 Å². The van der Waals surface area contributed by atoms with Crippen LogP contribution in [-0.2, 0) is 21.4 Å². The number of para-hydroxylation sites is 1. The summed E-state index contributed by atoms with van der Waals surface area (Å²) in [6.07, 6.45) is 2.15. The van der Waals surface area contributed by atoms with Crippen molar-refractivity contribution in [3.05, 3.63) is 58.6 Å². The molecule has 2 aliphatic rings. The van der Waals surface area contributed by atoms with Crippen LogP contribution >= 0.6 is 23.6 Å². The van der Waals surface area contributed by atoms with Crippen LogP contribution in [0.3, 0.4) is 0 Å². The number of carbonyl (C=O) groups is 2. The second-order valence-electron chi connectivity index (χ2n) is 8.53. The highest BCUT2D eigenvalue weighted by atomic mass is 32.1. The Morgan fingerprint density at radius 1 is 1.10 bits per heavy atom. The van der Waals surface area contributed by atoms with E-state index in [4.69, 9.17) is 17.2 Å². The number of benzene rings is 1. The minimum atomic E-state index is -0.795. The summed E-state index contributed by atoms with van der Waals surface area (Å²) < 4.78 is 2.24. The molecule has 3 aromatic heterocycles. The zero-order valence-electron chi connectivity index (χ0n) is 16.9. The van der Waals surface area contributed by atoms with Crippen molar-refractivity contribution in [2.24, 2.45) is 5.92 Å². The van der Waals surface area contributed by atoms with Gasteiger partial charge in [-0.2, -0.15) is 0 Å². The number of hydrogen-bond donors (Lipinski definition) is 2. The van der Waals surface area contributed by atoms with Gasteiger partial charge in [0.2, 0.25) is 11.8 Å². The molecule has 0 atom stereocenters. The number of thiophene rings is 1. The van der Waals surface area contributed by atoms with Crippen LogP contribution in [-0.4, -0.2) is 26.5 Å². The Balaban J connectivity index is 1.56. The van der Waals surface area contributed by atoms with Crippen molar-refractivity contribution < 1.29 is 9.59 Å². The Morgan fingerprint density at radius 2 is 1.84 bits per heavy atom. The number of pyridine rings is 1. The molecule has 0 radical (unpaired) electrons. The minimum absolute atomic E-state index is 0.0700. The summed E-state index contributed by atoms with van der Waals surface area (Å²) in [5.74, 6) is -1.49. The van der Waals surface area contributed by atoms with Crippen molar-refractivity contribution >= 4 is 62.4 Å². The smallest absolute Gasteiger partial charge is 0.239 e. The number of nitrogens with zero attached hydrogens (tertiary/aromatic N) is 2. The first-order valence-corrected chi connectivity index (χ1v) is 11.3. The fraction of sp³-hybridized carbons (Fsp3) is 0.217. The highest BCUT2D eigenvalue weighted by Crippen LogP contribution is 2.49. The van der Waals surface area contributed by atoms with E-state index in [2.05, 4.69) is 59.4 Å². The molecule has 1 fully saturated rings. The van der Waals surface area contributed by atoms with Gasteiger partial charge in [-0.25, -0.2) is 4.98 Å². The molecule has 31 heavy (non-hydrogen) atoms. The van der Waals surface area contributed by atoms with Gasteiger partial charge in [-0.1, -0.05) is 32.0 Å². The molecule has 0 spiro atoms. The van der Waals surface area contributed by atoms with E-state index in [-0.39, 0.29) is 22.3 Å². The number of nitrogens with one attached hydrogen (secondary N) is 2. The molecular formula is C23H18N4O2S2. The molecule has 2 aliphatic heterocycles. The molecule has 8 heteroatoms. The number of thiocarbonyl (C=S) groups is 1. The van der Waals surface area contributed by atoms with E-state index < -0.39 is 5.92 Å². The number of fused-ring (bicyclic) bond motifs is 5. The molecule has 1 saturated heterocycles. The largest absolute Gasteiger partial charge is 0.302 e. The fourth-order valence-corrected chi connectivity index (χ4v) is 6.39.